The van der Waals surface area contributed by atoms with Crippen molar-refractivity contribution in [2.75, 3.05) is 32.7 Å². The molecule has 2 atom stereocenters. The van der Waals surface area contributed by atoms with E-state index in [1.54, 1.807) is 0 Å². The van der Waals surface area contributed by atoms with E-state index in [-0.39, 0.29) is 11.8 Å². The summed E-state index contributed by atoms with van der Waals surface area (Å²) in [4.78, 5) is 17.3. The number of hydrogen-bond donors (Lipinski definition) is 1. The van der Waals surface area contributed by atoms with E-state index in [9.17, 15) is 10.1 Å². The molecular formula is C19H34N4O. The van der Waals surface area contributed by atoms with Crippen LogP contribution in [0.25, 0.3) is 0 Å². The Morgan fingerprint density at radius 2 is 1.88 bits per heavy atom. The molecule has 2 rings (SSSR count). The van der Waals surface area contributed by atoms with Crippen molar-refractivity contribution in [2.45, 2.75) is 70.9 Å². The fourth-order valence-electron chi connectivity index (χ4n) is 3.77. The Kier molecular flexibility index (Phi) is 7.06. The molecule has 2 fully saturated rings. The first-order chi connectivity index (χ1) is 11.4. The highest BCUT2D eigenvalue weighted by atomic mass is 16.2. The molecule has 0 aromatic heterocycles. The maximum Gasteiger partial charge on any atom is 0.235 e. The lowest BCUT2D eigenvalue weighted by molar-refractivity contribution is -0.124. The predicted molar refractivity (Wildman–Crippen MR) is 96.5 cm³/mol. The molecule has 0 saturated carbocycles. The van der Waals surface area contributed by atoms with Crippen molar-refractivity contribution >= 4 is 5.91 Å². The molecule has 2 heterocycles. The van der Waals surface area contributed by atoms with Crippen LogP contribution in [0.3, 0.4) is 0 Å². The number of nitrogens with one attached hydrogen (secondary N) is 1. The van der Waals surface area contributed by atoms with Crippen molar-refractivity contribution in [3.8, 4) is 6.07 Å². The standard InChI is InChI=1S/C19H34N4O/c1-16(2)19(3,15-20)21-18(24)14-22-10-8-9-17(13-22)23-11-6-4-5-7-12-23/h16-17H,4-14H2,1-3H3,(H,21,24)/t17-,19-/m1/s1. The minimum Gasteiger partial charge on any atom is -0.337 e. The normalized spacial score (nSPS) is 26.4. The molecule has 2 aliphatic heterocycles. The Hall–Kier alpha value is -1.12. The van der Waals surface area contributed by atoms with Gasteiger partial charge in [-0.3, -0.25) is 14.6 Å². The number of piperidine rings is 1. The van der Waals surface area contributed by atoms with Gasteiger partial charge in [0.2, 0.25) is 5.91 Å². The maximum atomic E-state index is 12.4. The first kappa shape index (κ1) is 19.2. The number of likely N-dealkylation sites (tertiary alicyclic amines) is 2. The SMILES string of the molecule is CC(C)[C@@](C)(C#N)NC(=O)CN1CCC[C@@H](N2CCCCCC2)C1. The summed E-state index contributed by atoms with van der Waals surface area (Å²) in [5.41, 5.74) is -0.781. The quantitative estimate of drug-likeness (QED) is 0.838. The van der Waals surface area contributed by atoms with E-state index in [0.717, 1.165) is 19.5 Å². The Balaban J connectivity index is 1.86. The van der Waals surface area contributed by atoms with Gasteiger partial charge >= 0.3 is 0 Å². The van der Waals surface area contributed by atoms with Crippen molar-refractivity contribution in [3.05, 3.63) is 0 Å². The van der Waals surface area contributed by atoms with Gasteiger partial charge in [0.15, 0.2) is 0 Å². The zero-order valence-electron chi connectivity index (χ0n) is 15.7. The van der Waals surface area contributed by atoms with Gasteiger partial charge in [0.25, 0.3) is 0 Å². The average molecular weight is 335 g/mol. The summed E-state index contributed by atoms with van der Waals surface area (Å²) in [6.45, 7) is 10.6. The fraction of sp³-hybridized carbons (Fsp3) is 0.895. The molecule has 0 aromatic rings. The summed E-state index contributed by atoms with van der Waals surface area (Å²) in [5.74, 6) is 0.0712. The van der Waals surface area contributed by atoms with Crippen LogP contribution in [0.15, 0.2) is 0 Å². The third kappa shape index (κ3) is 5.19. The molecule has 1 amide bonds. The molecule has 2 saturated heterocycles. The minimum atomic E-state index is -0.781. The molecule has 0 unspecified atom stereocenters. The van der Waals surface area contributed by atoms with Crippen LogP contribution in [0.1, 0.15) is 59.3 Å². The molecule has 0 radical (unpaired) electrons. The molecule has 136 valence electrons. The van der Waals surface area contributed by atoms with Crippen molar-refractivity contribution in [1.82, 2.24) is 15.1 Å². The third-order valence-corrected chi connectivity index (χ3v) is 5.79. The number of amides is 1. The van der Waals surface area contributed by atoms with Gasteiger partial charge in [-0.1, -0.05) is 26.7 Å². The van der Waals surface area contributed by atoms with Crippen LogP contribution in [0.2, 0.25) is 0 Å². The van der Waals surface area contributed by atoms with Crippen LogP contribution in [-0.2, 0) is 4.79 Å². The molecule has 1 N–H and O–H groups in total. The number of carbonyl (C=O) groups is 1. The summed E-state index contributed by atoms with van der Waals surface area (Å²) in [6.07, 6.45) is 7.75. The van der Waals surface area contributed by atoms with Gasteiger partial charge in [-0.05, 0) is 58.2 Å². The summed E-state index contributed by atoms with van der Waals surface area (Å²) < 4.78 is 0. The van der Waals surface area contributed by atoms with Crippen LogP contribution in [0.4, 0.5) is 0 Å². The van der Waals surface area contributed by atoms with E-state index < -0.39 is 5.54 Å². The van der Waals surface area contributed by atoms with Crippen molar-refractivity contribution in [1.29, 1.82) is 5.26 Å². The van der Waals surface area contributed by atoms with Gasteiger partial charge in [-0.15, -0.1) is 0 Å². The largest absolute Gasteiger partial charge is 0.337 e. The fourth-order valence-corrected chi connectivity index (χ4v) is 3.77. The highest BCUT2D eigenvalue weighted by Gasteiger charge is 2.32. The third-order valence-electron chi connectivity index (χ3n) is 5.79. The van der Waals surface area contributed by atoms with Crippen LogP contribution in [-0.4, -0.2) is 60.0 Å². The van der Waals surface area contributed by atoms with Gasteiger partial charge in [-0.25, -0.2) is 0 Å². The van der Waals surface area contributed by atoms with Crippen molar-refractivity contribution < 1.29 is 4.79 Å². The Morgan fingerprint density at radius 1 is 1.21 bits per heavy atom. The minimum absolute atomic E-state index is 0.0238. The van der Waals surface area contributed by atoms with Gasteiger partial charge in [0, 0.05) is 12.6 Å². The van der Waals surface area contributed by atoms with E-state index in [2.05, 4.69) is 21.2 Å². The number of rotatable bonds is 5. The van der Waals surface area contributed by atoms with Crippen LogP contribution >= 0.6 is 0 Å². The average Bonchev–Trinajstić information content (AvgIpc) is 2.84. The van der Waals surface area contributed by atoms with E-state index in [4.69, 9.17) is 0 Å². The molecule has 0 aliphatic carbocycles. The molecule has 0 aromatic carbocycles. The van der Waals surface area contributed by atoms with E-state index in [1.807, 2.05) is 20.8 Å². The Morgan fingerprint density at radius 3 is 2.46 bits per heavy atom. The number of nitriles is 1. The monoisotopic (exact) mass is 334 g/mol. The topological polar surface area (TPSA) is 59.4 Å². The Bertz CT molecular complexity index is 451. The zero-order valence-corrected chi connectivity index (χ0v) is 15.7. The van der Waals surface area contributed by atoms with Crippen molar-refractivity contribution in [3.63, 3.8) is 0 Å². The number of hydrogen-bond acceptors (Lipinski definition) is 4. The molecule has 2 aliphatic rings. The first-order valence-corrected chi connectivity index (χ1v) is 9.63. The first-order valence-electron chi connectivity index (χ1n) is 9.63. The lowest BCUT2D eigenvalue weighted by atomic mass is 9.90. The highest BCUT2D eigenvalue weighted by Crippen LogP contribution is 2.20. The summed E-state index contributed by atoms with van der Waals surface area (Å²) >= 11 is 0. The smallest absolute Gasteiger partial charge is 0.235 e. The lowest BCUT2D eigenvalue weighted by Gasteiger charge is -2.39. The summed E-state index contributed by atoms with van der Waals surface area (Å²) in [7, 11) is 0. The number of nitrogens with zero attached hydrogens (tertiary/aromatic N) is 3. The zero-order chi connectivity index (χ0) is 17.6. The second kappa shape index (κ2) is 8.82. The van der Waals surface area contributed by atoms with Crippen molar-refractivity contribution in [2.24, 2.45) is 5.92 Å². The Labute approximate surface area is 147 Å². The molecule has 5 heteroatoms. The van der Waals surface area contributed by atoms with Gasteiger partial charge < -0.3 is 5.32 Å². The van der Waals surface area contributed by atoms with Crippen LogP contribution < -0.4 is 5.32 Å². The highest BCUT2D eigenvalue weighted by molar-refractivity contribution is 5.79. The molecule has 0 bridgehead atoms. The van der Waals surface area contributed by atoms with Crippen LogP contribution in [0.5, 0.6) is 0 Å². The van der Waals surface area contributed by atoms with Gasteiger partial charge in [-0.2, -0.15) is 5.26 Å². The second-order valence-corrected chi connectivity index (χ2v) is 8.00. The predicted octanol–water partition coefficient (Wildman–Crippen LogP) is 2.38. The molecule has 0 spiro atoms. The maximum absolute atomic E-state index is 12.4. The summed E-state index contributed by atoms with van der Waals surface area (Å²) in [5, 5.41) is 12.3. The molecule has 5 nitrogen and oxygen atoms in total. The molecule has 24 heavy (non-hydrogen) atoms. The van der Waals surface area contributed by atoms with Gasteiger partial charge in [0.1, 0.15) is 5.54 Å². The van der Waals surface area contributed by atoms with E-state index in [1.165, 1.54) is 45.2 Å². The number of carbonyl (C=O) groups excluding carboxylic acids is 1. The van der Waals surface area contributed by atoms with E-state index >= 15 is 0 Å². The lowest BCUT2D eigenvalue weighted by Crippen LogP contribution is -2.54. The van der Waals surface area contributed by atoms with Crippen LogP contribution in [0, 0.1) is 17.2 Å². The molecular weight excluding hydrogens is 300 g/mol. The summed E-state index contributed by atoms with van der Waals surface area (Å²) in [6, 6.07) is 2.85. The van der Waals surface area contributed by atoms with E-state index in [0.29, 0.717) is 12.6 Å². The second-order valence-electron chi connectivity index (χ2n) is 8.00. The van der Waals surface area contributed by atoms with Gasteiger partial charge in [0.05, 0.1) is 12.6 Å².